The van der Waals surface area contributed by atoms with Crippen LogP contribution in [0, 0.1) is 19.3 Å². The molecular formula is C15H17N3. The molecule has 0 saturated heterocycles. The summed E-state index contributed by atoms with van der Waals surface area (Å²) in [6, 6.07) is 10.2. The van der Waals surface area contributed by atoms with Crippen LogP contribution in [0.4, 0.5) is 0 Å². The number of nitrogens with zero attached hydrogens (tertiary/aromatic N) is 2. The van der Waals surface area contributed by atoms with E-state index in [1.807, 2.05) is 31.3 Å². The Labute approximate surface area is 108 Å². The van der Waals surface area contributed by atoms with Crippen molar-refractivity contribution in [1.82, 2.24) is 14.9 Å². The number of hydrogen-bond donors (Lipinski definition) is 1. The third kappa shape index (κ3) is 2.79. The summed E-state index contributed by atoms with van der Waals surface area (Å²) in [6.07, 6.45) is 7.88. The zero-order valence-electron chi connectivity index (χ0n) is 10.6. The summed E-state index contributed by atoms with van der Waals surface area (Å²) in [7, 11) is 0. The van der Waals surface area contributed by atoms with Gasteiger partial charge in [-0.15, -0.1) is 12.3 Å². The zero-order valence-corrected chi connectivity index (χ0v) is 10.6. The first-order valence-corrected chi connectivity index (χ1v) is 6.05. The second-order valence-electron chi connectivity index (χ2n) is 4.10. The third-order valence-electron chi connectivity index (χ3n) is 2.78. The van der Waals surface area contributed by atoms with Gasteiger partial charge in [0.15, 0.2) is 0 Å². The van der Waals surface area contributed by atoms with E-state index in [9.17, 15) is 0 Å². The Balaban J connectivity index is 2.15. The molecule has 2 aromatic rings. The van der Waals surface area contributed by atoms with Crippen LogP contribution in [0.1, 0.15) is 17.9 Å². The number of aromatic nitrogens is 2. The SMILES string of the molecule is C#CCCNCc1cnc(C)n1-c1ccccc1. The molecule has 0 fully saturated rings. The number of nitrogens with one attached hydrogen (secondary N) is 1. The topological polar surface area (TPSA) is 29.9 Å². The molecule has 0 spiro atoms. The number of rotatable bonds is 5. The van der Waals surface area contributed by atoms with Gasteiger partial charge in [-0.3, -0.25) is 4.57 Å². The number of hydrogen-bond acceptors (Lipinski definition) is 2. The highest BCUT2D eigenvalue weighted by molar-refractivity contribution is 5.35. The molecule has 0 radical (unpaired) electrons. The van der Waals surface area contributed by atoms with Crippen LogP contribution < -0.4 is 5.32 Å². The maximum Gasteiger partial charge on any atom is 0.110 e. The van der Waals surface area contributed by atoms with E-state index in [1.54, 1.807) is 0 Å². The van der Waals surface area contributed by atoms with Crippen LogP contribution in [0.2, 0.25) is 0 Å². The van der Waals surface area contributed by atoms with Crippen LogP contribution in [-0.4, -0.2) is 16.1 Å². The Morgan fingerprint density at radius 2 is 2.11 bits per heavy atom. The molecule has 0 atom stereocenters. The summed E-state index contributed by atoms with van der Waals surface area (Å²) in [4.78, 5) is 4.37. The molecule has 1 N–H and O–H groups in total. The van der Waals surface area contributed by atoms with E-state index in [0.717, 1.165) is 36.7 Å². The molecule has 3 heteroatoms. The molecule has 92 valence electrons. The van der Waals surface area contributed by atoms with Crippen molar-refractivity contribution in [2.75, 3.05) is 6.54 Å². The minimum Gasteiger partial charge on any atom is -0.310 e. The molecular weight excluding hydrogens is 222 g/mol. The predicted molar refractivity (Wildman–Crippen MR) is 73.5 cm³/mol. The van der Waals surface area contributed by atoms with E-state index in [2.05, 4.69) is 32.9 Å². The van der Waals surface area contributed by atoms with E-state index in [0.29, 0.717) is 0 Å². The lowest BCUT2D eigenvalue weighted by molar-refractivity contribution is 0.675. The van der Waals surface area contributed by atoms with Crippen LogP contribution >= 0.6 is 0 Å². The first-order chi connectivity index (χ1) is 8.83. The van der Waals surface area contributed by atoms with Crippen molar-refractivity contribution in [3.05, 3.63) is 48.0 Å². The highest BCUT2D eigenvalue weighted by atomic mass is 15.1. The summed E-state index contributed by atoms with van der Waals surface area (Å²) in [6.45, 7) is 3.62. The lowest BCUT2D eigenvalue weighted by Gasteiger charge is -2.10. The van der Waals surface area contributed by atoms with Crippen molar-refractivity contribution in [3.8, 4) is 18.0 Å². The zero-order chi connectivity index (χ0) is 12.8. The van der Waals surface area contributed by atoms with Crippen molar-refractivity contribution < 1.29 is 0 Å². The Morgan fingerprint density at radius 1 is 1.33 bits per heavy atom. The molecule has 1 heterocycles. The second-order valence-corrected chi connectivity index (χ2v) is 4.10. The molecule has 0 bridgehead atoms. The normalized spacial score (nSPS) is 10.2. The highest BCUT2D eigenvalue weighted by Crippen LogP contribution is 2.14. The first-order valence-electron chi connectivity index (χ1n) is 6.05. The van der Waals surface area contributed by atoms with Gasteiger partial charge in [0.25, 0.3) is 0 Å². The van der Waals surface area contributed by atoms with E-state index in [-0.39, 0.29) is 0 Å². The summed E-state index contributed by atoms with van der Waals surface area (Å²) >= 11 is 0. The number of aryl methyl sites for hydroxylation is 1. The minimum atomic E-state index is 0.748. The Kier molecular flexibility index (Phi) is 4.16. The average molecular weight is 239 g/mol. The molecule has 18 heavy (non-hydrogen) atoms. The van der Waals surface area contributed by atoms with Crippen molar-refractivity contribution in [1.29, 1.82) is 0 Å². The van der Waals surface area contributed by atoms with Gasteiger partial charge in [-0.05, 0) is 19.1 Å². The Hall–Kier alpha value is -2.05. The maximum absolute atomic E-state index is 5.23. The van der Waals surface area contributed by atoms with Crippen molar-refractivity contribution in [2.45, 2.75) is 19.9 Å². The van der Waals surface area contributed by atoms with E-state index in [1.165, 1.54) is 0 Å². The number of benzene rings is 1. The number of imidazole rings is 1. The van der Waals surface area contributed by atoms with Gasteiger partial charge in [0.1, 0.15) is 5.82 Å². The summed E-state index contributed by atoms with van der Waals surface area (Å²) in [5.41, 5.74) is 2.29. The van der Waals surface area contributed by atoms with Crippen LogP contribution in [-0.2, 0) is 6.54 Å². The van der Waals surface area contributed by atoms with Gasteiger partial charge in [-0.25, -0.2) is 4.98 Å². The molecule has 0 aliphatic heterocycles. The van der Waals surface area contributed by atoms with Crippen LogP contribution in [0.3, 0.4) is 0 Å². The van der Waals surface area contributed by atoms with Crippen molar-refractivity contribution >= 4 is 0 Å². The van der Waals surface area contributed by atoms with E-state index in [4.69, 9.17) is 6.42 Å². The van der Waals surface area contributed by atoms with Crippen LogP contribution in [0.25, 0.3) is 5.69 Å². The molecule has 1 aromatic heterocycles. The lowest BCUT2D eigenvalue weighted by Crippen LogP contribution is -2.17. The van der Waals surface area contributed by atoms with Crippen LogP contribution in [0.15, 0.2) is 36.5 Å². The van der Waals surface area contributed by atoms with Crippen molar-refractivity contribution in [3.63, 3.8) is 0 Å². The molecule has 3 nitrogen and oxygen atoms in total. The Morgan fingerprint density at radius 3 is 2.83 bits per heavy atom. The molecule has 0 aliphatic carbocycles. The largest absolute Gasteiger partial charge is 0.310 e. The number of terminal acetylenes is 1. The summed E-state index contributed by atoms with van der Waals surface area (Å²) in [5.74, 6) is 3.62. The fourth-order valence-corrected chi connectivity index (χ4v) is 1.92. The first kappa shape index (κ1) is 12.4. The fraction of sp³-hybridized carbons (Fsp3) is 0.267. The van der Waals surface area contributed by atoms with Crippen LogP contribution in [0.5, 0.6) is 0 Å². The van der Waals surface area contributed by atoms with Gasteiger partial charge in [-0.2, -0.15) is 0 Å². The molecule has 0 aliphatic rings. The van der Waals surface area contributed by atoms with Gasteiger partial charge >= 0.3 is 0 Å². The van der Waals surface area contributed by atoms with E-state index >= 15 is 0 Å². The van der Waals surface area contributed by atoms with Gasteiger partial charge < -0.3 is 5.32 Å². The minimum absolute atomic E-state index is 0.748. The van der Waals surface area contributed by atoms with Gasteiger partial charge in [-0.1, -0.05) is 18.2 Å². The average Bonchev–Trinajstić information content (AvgIpc) is 2.77. The van der Waals surface area contributed by atoms with Gasteiger partial charge in [0.05, 0.1) is 11.9 Å². The molecule has 0 saturated carbocycles. The standard InChI is InChI=1S/C15H17N3/c1-3-4-10-16-11-15-12-17-13(2)18(15)14-8-6-5-7-9-14/h1,5-9,12,16H,4,10-11H2,2H3. The molecule has 0 amide bonds. The predicted octanol–water partition coefficient (Wildman–Crippen LogP) is 2.29. The monoisotopic (exact) mass is 239 g/mol. The number of para-hydroxylation sites is 1. The quantitative estimate of drug-likeness (QED) is 0.641. The molecule has 1 aromatic carbocycles. The molecule has 2 rings (SSSR count). The highest BCUT2D eigenvalue weighted by Gasteiger charge is 2.07. The fourth-order valence-electron chi connectivity index (χ4n) is 1.92. The Bertz CT molecular complexity index is 535. The van der Waals surface area contributed by atoms with Gasteiger partial charge in [0, 0.05) is 25.2 Å². The second kappa shape index (κ2) is 6.04. The van der Waals surface area contributed by atoms with E-state index < -0.39 is 0 Å². The third-order valence-corrected chi connectivity index (χ3v) is 2.78. The van der Waals surface area contributed by atoms with Gasteiger partial charge in [0.2, 0.25) is 0 Å². The lowest BCUT2D eigenvalue weighted by atomic mass is 10.3. The smallest absolute Gasteiger partial charge is 0.110 e. The molecule has 0 unspecified atom stereocenters. The maximum atomic E-state index is 5.23. The van der Waals surface area contributed by atoms with Crippen molar-refractivity contribution in [2.24, 2.45) is 0 Å². The summed E-state index contributed by atoms with van der Waals surface area (Å²) in [5, 5.41) is 3.32. The summed E-state index contributed by atoms with van der Waals surface area (Å²) < 4.78 is 2.16.